The normalized spacial score (nSPS) is 15.7. The van der Waals surface area contributed by atoms with Crippen molar-refractivity contribution < 1.29 is 13.9 Å². The number of amides is 1. The van der Waals surface area contributed by atoms with Crippen LogP contribution in [0.2, 0.25) is 0 Å². The lowest BCUT2D eigenvalue weighted by molar-refractivity contribution is -0.134. The lowest BCUT2D eigenvalue weighted by Crippen LogP contribution is -2.41. The third kappa shape index (κ3) is 2.56. The first-order valence-corrected chi connectivity index (χ1v) is 7.40. The largest absolute Gasteiger partial charge is 0.464 e. The predicted octanol–water partition coefficient (Wildman–Crippen LogP) is 2.76. The summed E-state index contributed by atoms with van der Waals surface area (Å²) >= 11 is 0. The molecular weight excluding hydrogens is 266 g/mol. The number of carbonyl (C=O) groups is 1. The summed E-state index contributed by atoms with van der Waals surface area (Å²) in [6.07, 6.45) is 2.14. The Bertz CT molecular complexity index is 681. The molecule has 1 aromatic carbocycles. The number of morpholine rings is 1. The quantitative estimate of drug-likeness (QED) is 0.853. The van der Waals surface area contributed by atoms with Gasteiger partial charge >= 0.3 is 0 Å². The first kappa shape index (κ1) is 14.1. The van der Waals surface area contributed by atoms with Gasteiger partial charge in [0.1, 0.15) is 5.58 Å². The van der Waals surface area contributed by atoms with Crippen LogP contribution in [0.5, 0.6) is 0 Å². The second kappa shape index (κ2) is 5.53. The molecule has 1 amide bonds. The van der Waals surface area contributed by atoms with Crippen molar-refractivity contribution in [1.29, 1.82) is 0 Å². The fourth-order valence-corrected chi connectivity index (χ4v) is 3.00. The molecule has 1 aliphatic rings. The molecule has 0 bridgehead atoms. The maximum atomic E-state index is 12.4. The van der Waals surface area contributed by atoms with E-state index in [0.717, 1.165) is 22.1 Å². The van der Waals surface area contributed by atoms with Gasteiger partial charge in [0, 0.05) is 24.0 Å². The van der Waals surface area contributed by atoms with Gasteiger partial charge in [-0.15, -0.1) is 0 Å². The summed E-state index contributed by atoms with van der Waals surface area (Å²) in [5.74, 6) is 0.152. The molecule has 1 saturated heterocycles. The van der Waals surface area contributed by atoms with Gasteiger partial charge in [-0.25, -0.2) is 0 Å². The number of carbonyl (C=O) groups excluding carboxylic acids is 1. The van der Waals surface area contributed by atoms with Crippen molar-refractivity contribution in [3.8, 4) is 0 Å². The van der Waals surface area contributed by atoms with E-state index >= 15 is 0 Å². The van der Waals surface area contributed by atoms with Crippen molar-refractivity contribution in [3.05, 3.63) is 34.6 Å². The molecule has 112 valence electrons. The molecule has 0 radical (unpaired) electrons. The Kier molecular flexibility index (Phi) is 3.72. The number of hydrogen-bond acceptors (Lipinski definition) is 3. The van der Waals surface area contributed by atoms with Crippen molar-refractivity contribution in [3.63, 3.8) is 0 Å². The molecule has 1 aromatic heterocycles. The van der Waals surface area contributed by atoms with Crippen LogP contribution in [0.1, 0.15) is 22.3 Å². The van der Waals surface area contributed by atoms with E-state index in [2.05, 4.69) is 26.8 Å². The van der Waals surface area contributed by atoms with Gasteiger partial charge in [0.2, 0.25) is 5.91 Å². The van der Waals surface area contributed by atoms with Crippen molar-refractivity contribution in [2.75, 3.05) is 26.3 Å². The van der Waals surface area contributed by atoms with Crippen molar-refractivity contribution in [1.82, 2.24) is 4.90 Å². The van der Waals surface area contributed by atoms with Gasteiger partial charge < -0.3 is 14.1 Å². The lowest BCUT2D eigenvalue weighted by atomic mass is 9.99. The van der Waals surface area contributed by atoms with E-state index in [9.17, 15) is 4.79 Å². The number of hydrogen-bond donors (Lipinski definition) is 0. The number of ether oxygens (including phenoxy) is 1. The minimum atomic E-state index is 0.152. The zero-order valence-electron chi connectivity index (χ0n) is 12.9. The third-order valence-electron chi connectivity index (χ3n) is 4.33. The highest BCUT2D eigenvalue weighted by atomic mass is 16.5. The fraction of sp³-hybridized carbons (Fsp3) is 0.471. The molecule has 2 heterocycles. The molecular formula is C17H21NO3. The Morgan fingerprint density at radius 3 is 2.62 bits per heavy atom. The SMILES string of the molecule is Cc1cc(C)c2c(CC(=O)N3CCOCC3)coc2c1C. The van der Waals surface area contributed by atoms with Gasteiger partial charge in [-0.1, -0.05) is 6.07 Å². The summed E-state index contributed by atoms with van der Waals surface area (Å²) in [6, 6.07) is 2.16. The number of rotatable bonds is 2. The lowest BCUT2D eigenvalue weighted by Gasteiger charge is -2.26. The molecule has 0 atom stereocenters. The van der Waals surface area contributed by atoms with Crippen molar-refractivity contribution in [2.45, 2.75) is 27.2 Å². The van der Waals surface area contributed by atoms with Crippen LogP contribution in [0.25, 0.3) is 11.0 Å². The Hall–Kier alpha value is -1.81. The Labute approximate surface area is 124 Å². The highest BCUT2D eigenvalue weighted by Gasteiger charge is 2.20. The van der Waals surface area contributed by atoms with E-state index in [-0.39, 0.29) is 5.91 Å². The maximum Gasteiger partial charge on any atom is 0.227 e. The molecule has 4 heteroatoms. The highest BCUT2D eigenvalue weighted by molar-refractivity contribution is 5.91. The molecule has 0 N–H and O–H groups in total. The Morgan fingerprint density at radius 2 is 1.90 bits per heavy atom. The van der Waals surface area contributed by atoms with Gasteiger partial charge in [-0.3, -0.25) is 4.79 Å². The van der Waals surface area contributed by atoms with Gasteiger partial charge in [-0.05, 0) is 37.5 Å². The molecule has 1 fully saturated rings. The van der Waals surface area contributed by atoms with Crippen LogP contribution in [-0.4, -0.2) is 37.1 Å². The second-order valence-electron chi connectivity index (χ2n) is 5.77. The van der Waals surface area contributed by atoms with Crippen LogP contribution < -0.4 is 0 Å². The van der Waals surface area contributed by atoms with E-state index in [1.54, 1.807) is 6.26 Å². The minimum absolute atomic E-state index is 0.152. The molecule has 2 aromatic rings. The number of fused-ring (bicyclic) bond motifs is 1. The zero-order valence-corrected chi connectivity index (χ0v) is 12.9. The molecule has 3 rings (SSSR count). The van der Waals surface area contributed by atoms with Crippen LogP contribution in [0.15, 0.2) is 16.7 Å². The summed E-state index contributed by atoms with van der Waals surface area (Å²) in [5.41, 5.74) is 5.45. The van der Waals surface area contributed by atoms with E-state index < -0.39 is 0 Å². The van der Waals surface area contributed by atoms with Gasteiger partial charge in [0.05, 0.1) is 25.9 Å². The maximum absolute atomic E-state index is 12.4. The minimum Gasteiger partial charge on any atom is -0.464 e. The number of nitrogens with zero attached hydrogens (tertiary/aromatic N) is 1. The van der Waals surface area contributed by atoms with Crippen molar-refractivity contribution >= 4 is 16.9 Å². The van der Waals surface area contributed by atoms with E-state index in [4.69, 9.17) is 9.15 Å². The summed E-state index contributed by atoms with van der Waals surface area (Å²) in [6.45, 7) is 8.87. The summed E-state index contributed by atoms with van der Waals surface area (Å²) in [7, 11) is 0. The summed E-state index contributed by atoms with van der Waals surface area (Å²) in [5, 5.41) is 1.10. The van der Waals surface area contributed by atoms with Crippen LogP contribution in [-0.2, 0) is 16.0 Å². The average molecular weight is 287 g/mol. The van der Waals surface area contributed by atoms with Crippen LogP contribution >= 0.6 is 0 Å². The van der Waals surface area contributed by atoms with Crippen LogP contribution in [0.4, 0.5) is 0 Å². The van der Waals surface area contributed by atoms with Gasteiger partial charge in [-0.2, -0.15) is 0 Å². The number of benzene rings is 1. The first-order chi connectivity index (χ1) is 10.1. The van der Waals surface area contributed by atoms with E-state index in [1.165, 1.54) is 11.1 Å². The molecule has 4 nitrogen and oxygen atoms in total. The second-order valence-corrected chi connectivity index (χ2v) is 5.77. The topological polar surface area (TPSA) is 42.7 Å². The average Bonchev–Trinajstić information content (AvgIpc) is 2.90. The molecule has 0 spiro atoms. The summed E-state index contributed by atoms with van der Waals surface area (Å²) in [4.78, 5) is 14.3. The zero-order chi connectivity index (χ0) is 15.0. The van der Waals surface area contributed by atoms with Gasteiger partial charge in [0.25, 0.3) is 0 Å². The van der Waals surface area contributed by atoms with Crippen LogP contribution in [0.3, 0.4) is 0 Å². The Balaban J connectivity index is 1.91. The molecule has 0 aliphatic carbocycles. The standard InChI is InChI=1S/C17H21NO3/c1-11-8-12(2)16-14(10-21-17(16)13(11)3)9-15(19)18-4-6-20-7-5-18/h8,10H,4-7,9H2,1-3H3. The van der Waals surface area contributed by atoms with Crippen molar-refractivity contribution in [2.24, 2.45) is 0 Å². The predicted molar refractivity (Wildman–Crippen MR) is 81.5 cm³/mol. The smallest absolute Gasteiger partial charge is 0.227 e. The summed E-state index contributed by atoms with van der Waals surface area (Å²) < 4.78 is 11.0. The third-order valence-corrected chi connectivity index (χ3v) is 4.33. The Morgan fingerprint density at radius 1 is 1.19 bits per heavy atom. The molecule has 21 heavy (non-hydrogen) atoms. The first-order valence-electron chi connectivity index (χ1n) is 7.40. The monoisotopic (exact) mass is 287 g/mol. The fourth-order valence-electron chi connectivity index (χ4n) is 3.00. The van der Waals surface area contributed by atoms with Gasteiger partial charge in [0.15, 0.2) is 0 Å². The van der Waals surface area contributed by atoms with E-state index in [0.29, 0.717) is 32.7 Å². The molecule has 0 saturated carbocycles. The number of furan rings is 1. The molecule has 1 aliphatic heterocycles. The van der Waals surface area contributed by atoms with E-state index in [1.807, 2.05) is 4.90 Å². The number of aryl methyl sites for hydroxylation is 3. The molecule has 0 unspecified atom stereocenters. The highest BCUT2D eigenvalue weighted by Crippen LogP contribution is 2.30. The van der Waals surface area contributed by atoms with Crippen LogP contribution in [0, 0.1) is 20.8 Å².